The number of benzene rings is 1. The van der Waals surface area contributed by atoms with Crippen LogP contribution in [-0.2, 0) is 11.2 Å². The highest BCUT2D eigenvalue weighted by Crippen LogP contribution is 2.11. The average molecular weight is 345 g/mol. The molecule has 0 spiro atoms. The van der Waals surface area contributed by atoms with Crippen molar-refractivity contribution in [3.05, 3.63) is 56.4 Å². The number of H-pyrrole nitrogens is 2. The summed E-state index contributed by atoms with van der Waals surface area (Å²) in [5.41, 5.74) is 1.54. The molecule has 25 heavy (non-hydrogen) atoms. The first kappa shape index (κ1) is 18.1. The van der Waals surface area contributed by atoms with Gasteiger partial charge >= 0.3 is 5.69 Å². The van der Waals surface area contributed by atoms with Crippen LogP contribution in [0.1, 0.15) is 31.0 Å². The Morgan fingerprint density at radius 2 is 2.08 bits per heavy atom. The number of ether oxygens (including phenoxy) is 1. The van der Waals surface area contributed by atoms with Gasteiger partial charge in [-0.15, -0.1) is 0 Å². The lowest BCUT2D eigenvalue weighted by atomic mass is 10.2. The average Bonchev–Trinajstić information content (AvgIpc) is 2.59. The largest absolute Gasteiger partial charge is 0.494 e. The predicted octanol–water partition coefficient (Wildman–Crippen LogP) is 0.330. The van der Waals surface area contributed by atoms with Crippen LogP contribution in [0.2, 0.25) is 0 Å². The minimum atomic E-state index is -0.728. The summed E-state index contributed by atoms with van der Waals surface area (Å²) in [6.45, 7) is 2.78. The van der Waals surface area contributed by atoms with Gasteiger partial charge in [-0.2, -0.15) is 10.2 Å². The molecule has 0 unspecified atom stereocenters. The van der Waals surface area contributed by atoms with Gasteiger partial charge in [0.05, 0.1) is 19.2 Å². The van der Waals surface area contributed by atoms with Crippen LogP contribution in [0.3, 0.4) is 0 Å². The number of hydrazone groups is 1. The molecule has 0 aliphatic rings. The van der Waals surface area contributed by atoms with Crippen molar-refractivity contribution >= 4 is 12.1 Å². The fraction of sp³-hybridized carbons (Fsp3) is 0.312. The van der Waals surface area contributed by atoms with Gasteiger partial charge in [-0.3, -0.25) is 14.6 Å². The number of carbonyl (C=O) groups is 1. The smallest absolute Gasteiger partial charge is 0.342 e. The van der Waals surface area contributed by atoms with Gasteiger partial charge in [0.15, 0.2) is 0 Å². The molecule has 2 aromatic rings. The lowest BCUT2D eigenvalue weighted by Crippen LogP contribution is -2.31. The SMILES string of the molecule is CCCCOc1ccc(C=NNC(=O)Cc2n[nH]c(=O)[nH]c2=O)cc1. The number of aromatic amines is 2. The monoisotopic (exact) mass is 345 g/mol. The molecule has 3 N–H and O–H groups in total. The van der Waals surface area contributed by atoms with Crippen LogP contribution in [0.4, 0.5) is 0 Å². The number of unbranched alkanes of at least 4 members (excludes halogenated alkanes) is 1. The summed E-state index contributed by atoms with van der Waals surface area (Å²) in [6, 6.07) is 7.27. The second kappa shape index (κ2) is 9.16. The maximum absolute atomic E-state index is 11.7. The number of nitrogens with zero attached hydrogens (tertiary/aromatic N) is 2. The van der Waals surface area contributed by atoms with E-state index in [1.165, 1.54) is 6.21 Å². The van der Waals surface area contributed by atoms with Gasteiger partial charge in [-0.1, -0.05) is 13.3 Å². The lowest BCUT2D eigenvalue weighted by Gasteiger charge is -2.04. The summed E-state index contributed by atoms with van der Waals surface area (Å²) in [4.78, 5) is 36.0. The molecule has 1 heterocycles. The van der Waals surface area contributed by atoms with Gasteiger partial charge in [0.2, 0.25) is 5.91 Å². The normalized spacial score (nSPS) is 10.8. The number of aromatic nitrogens is 3. The predicted molar refractivity (Wildman–Crippen MR) is 91.8 cm³/mol. The number of rotatable bonds is 8. The summed E-state index contributed by atoms with van der Waals surface area (Å²) >= 11 is 0. The molecule has 2 rings (SSSR count). The van der Waals surface area contributed by atoms with Crippen molar-refractivity contribution < 1.29 is 9.53 Å². The molecule has 0 aliphatic heterocycles. The fourth-order valence-corrected chi connectivity index (χ4v) is 1.85. The molecule has 1 aromatic heterocycles. The first-order valence-corrected chi connectivity index (χ1v) is 7.81. The minimum absolute atomic E-state index is 0.0964. The zero-order valence-corrected chi connectivity index (χ0v) is 13.7. The highest BCUT2D eigenvalue weighted by Gasteiger charge is 2.08. The van der Waals surface area contributed by atoms with Crippen molar-refractivity contribution in [3.8, 4) is 5.75 Å². The van der Waals surface area contributed by atoms with E-state index in [9.17, 15) is 14.4 Å². The molecular weight excluding hydrogens is 326 g/mol. The second-order valence-corrected chi connectivity index (χ2v) is 5.19. The third kappa shape index (κ3) is 6.05. The number of carbonyl (C=O) groups excluding carboxylic acids is 1. The van der Waals surface area contributed by atoms with E-state index < -0.39 is 17.2 Å². The van der Waals surface area contributed by atoms with Crippen LogP contribution in [0.25, 0.3) is 0 Å². The topological polar surface area (TPSA) is 129 Å². The Morgan fingerprint density at radius 1 is 1.32 bits per heavy atom. The summed E-state index contributed by atoms with van der Waals surface area (Å²) < 4.78 is 5.55. The second-order valence-electron chi connectivity index (χ2n) is 5.19. The molecule has 1 aromatic carbocycles. The molecule has 0 radical (unpaired) electrons. The van der Waals surface area contributed by atoms with E-state index in [0.717, 1.165) is 24.2 Å². The third-order valence-corrected chi connectivity index (χ3v) is 3.16. The molecule has 132 valence electrons. The Balaban J connectivity index is 1.84. The van der Waals surface area contributed by atoms with Crippen LogP contribution in [0.15, 0.2) is 39.0 Å². The summed E-state index contributed by atoms with van der Waals surface area (Å²) in [6.07, 6.45) is 3.25. The Labute approximate surface area is 143 Å². The zero-order valence-electron chi connectivity index (χ0n) is 13.7. The van der Waals surface area contributed by atoms with E-state index in [1.54, 1.807) is 0 Å². The van der Waals surface area contributed by atoms with E-state index in [2.05, 4.69) is 27.6 Å². The van der Waals surface area contributed by atoms with Gasteiger partial charge in [0.25, 0.3) is 5.56 Å². The Morgan fingerprint density at radius 3 is 2.76 bits per heavy atom. The number of amides is 1. The van der Waals surface area contributed by atoms with Crippen LogP contribution in [-0.4, -0.2) is 33.9 Å². The van der Waals surface area contributed by atoms with Crippen molar-refractivity contribution in [1.82, 2.24) is 20.6 Å². The maximum Gasteiger partial charge on any atom is 0.342 e. The molecule has 9 nitrogen and oxygen atoms in total. The lowest BCUT2D eigenvalue weighted by molar-refractivity contribution is -0.120. The number of hydrogen-bond donors (Lipinski definition) is 3. The molecule has 0 bridgehead atoms. The van der Waals surface area contributed by atoms with Crippen LogP contribution < -0.4 is 21.4 Å². The maximum atomic E-state index is 11.7. The quantitative estimate of drug-likeness (QED) is 0.361. The number of nitrogens with one attached hydrogen (secondary N) is 3. The van der Waals surface area contributed by atoms with Gasteiger partial charge in [0.1, 0.15) is 11.4 Å². The van der Waals surface area contributed by atoms with Gasteiger partial charge in [0, 0.05) is 0 Å². The van der Waals surface area contributed by atoms with E-state index in [4.69, 9.17) is 4.74 Å². The standard InChI is InChI=1S/C16H19N5O4/c1-2-3-8-25-12-6-4-11(5-7-12)10-17-20-14(22)9-13-15(23)18-16(24)21-19-13/h4-7,10H,2-3,8-9H2,1H3,(H,20,22)(H2,18,21,23,24). The van der Waals surface area contributed by atoms with E-state index >= 15 is 0 Å². The summed E-state index contributed by atoms with van der Waals surface area (Å²) in [5, 5.41) is 9.39. The van der Waals surface area contributed by atoms with E-state index in [0.29, 0.717) is 6.61 Å². The number of hydrogen-bond acceptors (Lipinski definition) is 6. The van der Waals surface area contributed by atoms with Gasteiger partial charge in [-0.05, 0) is 36.2 Å². The first-order chi connectivity index (χ1) is 12.1. The van der Waals surface area contributed by atoms with Crippen molar-refractivity contribution in [1.29, 1.82) is 0 Å². The molecule has 0 saturated heterocycles. The fourth-order valence-electron chi connectivity index (χ4n) is 1.85. The minimum Gasteiger partial charge on any atom is -0.494 e. The van der Waals surface area contributed by atoms with Crippen molar-refractivity contribution in [2.24, 2.45) is 5.10 Å². The molecule has 9 heteroatoms. The summed E-state index contributed by atoms with van der Waals surface area (Å²) in [7, 11) is 0. The molecule has 0 aliphatic carbocycles. The van der Waals surface area contributed by atoms with Crippen molar-refractivity contribution in [2.75, 3.05) is 6.61 Å². The van der Waals surface area contributed by atoms with Gasteiger partial charge < -0.3 is 4.74 Å². The summed E-state index contributed by atoms with van der Waals surface area (Å²) in [5.74, 6) is 0.249. The van der Waals surface area contributed by atoms with Crippen LogP contribution in [0.5, 0.6) is 5.75 Å². The molecule has 0 atom stereocenters. The Hall–Kier alpha value is -3.23. The van der Waals surface area contributed by atoms with Gasteiger partial charge in [-0.25, -0.2) is 15.3 Å². The van der Waals surface area contributed by atoms with Crippen molar-refractivity contribution in [3.63, 3.8) is 0 Å². The van der Waals surface area contributed by atoms with Crippen LogP contribution in [0, 0.1) is 0 Å². The molecule has 0 fully saturated rings. The zero-order chi connectivity index (χ0) is 18.1. The molecule has 0 saturated carbocycles. The van der Waals surface area contributed by atoms with E-state index in [1.807, 2.05) is 29.2 Å². The molecule has 1 amide bonds. The third-order valence-electron chi connectivity index (χ3n) is 3.16. The Kier molecular flexibility index (Phi) is 6.64. The highest BCUT2D eigenvalue weighted by molar-refractivity contribution is 5.83. The van der Waals surface area contributed by atoms with E-state index in [-0.39, 0.29) is 12.1 Å². The van der Waals surface area contributed by atoms with Crippen LogP contribution >= 0.6 is 0 Å². The van der Waals surface area contributed by atoms with Crippen molar-refractivity contribution in [2.45, 2.75) is 26.2 Å². The Bertz CT molecular complexity index is 839. The molecular formula is C16H19N5O4. The highest BCUT2D eigenvalue weighted by atomic mass is 16.5. The first-order valence-electron chi connectivity index (χ1n) is 7.81.